The number of likely N-dealkylation sites (tertiary alicyclic amines) is 1. The third-order valence-electron chi connectivity index (χ3n) is 15.6. The number of nitro benzene ring substituents is 1. The molecule has 17 heteroatoms. The SMILES string of the molecule is Cc1ccccc1[C@@H]1CCCN1C1CC2(CCN(c3ccc(C(=O)NS(=O)(=O)c4ccc(NCC5CCOCC5)c([N+](=O)[O-])c4)c(N4C[C@@H]5COC[C@H]5Oc5nc6[nH]ccc6cc54)c3)CC2)C1. The molecule has 7 heterocycles. The van der Waals surface area contributed by atoms with Gasteiger partial charge in [-0.1, -0.05) is 24.3 Å². The molecular formula is C50H58N8O8S. The number of anilines is 4. The molecule has 3 atom stereocenters. The first-order valence-corrected chi connectivity index (χ1v) is 25.4. The average Bonchev–Trinajstić information content (AvgIpc) is 4.09. The van der Waals surface area contributed by atoms with Crippen LogP contribution in [0.2, 0.25) is 0 Å². The number of aryl methyl sites for hydroxylation is 1. The molecule has 67 heavy (non-hydrogen) atoms. The normalized spacial score (nSPS) is 23.3. The predicted molar refractivity (Wildman–Crippen MR) is 255 cm³/mol. The van der Waals surface area contributed by atoms with E-state index >= 15 is 0 Å². The second-order valence-electron chi connectivity index (χ2n) is 19.6. The van der Waals surface area contributed by atoms with Crippen LogP contribution in [0.15, 0.2) is 83.9 Å². The van der Waals surface area contributed by atoms with Crippen molar-refractivity contribution >= 4 is 55.4 Å². The third-order valence-corrected chi connectivity index (χ3v) is 16.9. The second-order valence-corrected chi connectivity index (χ2v) is 21.3. The van der Waals surface area contributed by atoms with Crippen molar-refractivity contribution in [3.63, 3.8) is 0 Å². The van der Waals surface area contributed by atoms with Crippen molar-refractivity contribution in [3.8, 4) is 5.88 Å². The number of carbonyl (C=O) groups is 1. The molecule has 1 saturated carbocycles. The lowest BCUT2D eigenvalue weighted by molar-refractivity contribution is -0.384. The van der Waals surface area contributed by atoms with Crippen LogP contribution in [0, 0.1) is 34.3 Å². The summed E-state index contributed by atoms with van der Waals surface area (Å²) < 4.78 is 48.3. The van der Waals surface area contributed by atoms with E-state index < -0.39 is 31.4 Å². The van der Waals surface area contributed by atoms with E-state index in [4.69, 9.17) is 19.2 Å². The lowest BCUT2D eigenvalue weighted by Crippen LogP contribution is -2.54. The molecule has 5 aromatic rings. The zero-order chi connectivity index (χ0) is 45.9. The van der Waals surface area contributed by atoms with Crippen LogP contribution in [0.4, 0.5) is 28.4 Å². The van der Waals surface area contributed by atoms with Gasteiger partial charge in [-0.05, 0) is 130 Å². The van der Waals surface area contributed by atoms with Gasteiger partial charge in [0.15, 0.2) is 0 Å². The Morgan fingerprint density at radius 3 is 2.58 bits per heavy atom. The molecule has 11 rings (SSSR count). The highest BCUT2D eigenvalue weighted by atomic mass is 32.2. The molecule has 0 radical (unpaired) electrons. The first kappa shape index (κ1) is 43.8. The number of pyridine rings is 1. The quantitative estimate of drug-likeness (QED) is 0.0860. The Morgan fingerprint density at radius 1 is 0.955 bits per heavy atom. The van der Waals surface area contributed by atoms with Gasteiger partial charge in [-0.25, -0.2) is 13.1 Å². The molecule has 2 aromatic heterocycles. The van der Waals surface area contributed by atoms with Gasteiger partial charge in [0, 0.05) is 80.7 Å². The standard InChI is InChI=1S/C50H58N8O8S/c1-32-5-2-3-6-39(32)42-7-4-18-56(42)37-26-50(27-37)15-19-55(20-16-50)36-8-10-40(43(24-36)57-29-35-30-65-31-46(35)66-49-45(57)23-34-12-17-51-47(34)53-49)48(59)54-67(62,63)38-9-11-41(44(25-38)58(60)61)52-28-33-13-21-64-22-14-33/h2-3,5-6,8-12,17,23-25,33,35,37,42,46,52H,4,7,13-16,18-22,26-31H2,1H3,(H,51,53)(H,54,59)/t35-,42+,46-/m1/s1. The third kappa shape index (κ3) is 8.48. The van der Waals surface area contributed by atoms with Crippen molar-refractivity contribution in [1.29, 1.82) is 0 Å². The molecule has 3 N–H and O–H groups in total. The fourth-order valence-corrected chi connectivity index (χ4v) is 12.7. The number of hydrogen-bond acceptors (Lipinski definition) is 13. The van der Waals surface area contributed by atoms with E-state index in [9.17, 15) is 23.3 Å². The summed E-state index contributed by atoms with van der Waals surface area (Å²) in [5.74, 6) is -0.275. The number of ether oxygens (including phenoxy) is 3. The Labute approximate surface area is 390 Å². The van der Waals surface area contributed by atoms with Crippen molar-refractivity contribution in [2.24, 2.45) is 17.3 Å². The number of aromatic nitrogens is 2. The fraction of sp³-hybridized carbons (Fsp3) is 0.480. The Balaban J connectivity index is 0.874. The number of H-pyrrole nitrogens is 1. The minimum absolute atomic E-state index is 0.0719. The maximum Gasteiger partial charge on any atom is 0.293 e. The van der Waals surface area contributed by atoms with Crippen LogP contribution in [0.5, 0.6) is 5.88 Å². The number of nitro groups is 1. The van der Waals surface area contributed by atoms with Gasteiger partial charge in [-0.2, -0.15) is 4.98 Å². The molecule has 352 valence electrons. The van der Waals surface area contributed by atoms with E-state index in [0.29, 0.717) is 79.9 Å². The summed E-state index contributed by atoms with van der Waals surface area (Å²) in [5.41, 5.74) is 5.82. The van der Waals surface area contributed by atoms with E-state index in [1.54, 1.807) is 6.07 Å². The second kappa shape index (κ2) is 17.7. The highest BCUT2D eigenvalue weighted by Crippen LogP contribution is 2.54. The number of sulfonamides is 1. The van der Waals surface area contributed by atoms with Gasteiger partial charge in [0.1, 0.15) is 23.1 Å². The number of nitrogens with one attached hydrogen (secondary N) is 3. The smallest absolute Gasteiger partial charge is 0.293 e. The van der Waals surface area contributed by atoms with Gasteiger partial charge in [-0.15, -0.1) is 0 Å². The van der Waals surface area contributed by atoms with Crippen molar-refractivity contribution in [2.45, 2.75) is 81.4 Å². The van der Waals surface area contributed by atoms with E-state index in [1.807, 2.05) is 35.4 Å². The molecule has 3 aromatic carbocycles. The molecule has 16 nitrogen and oxygen atoms in total. The number of piperidine rings is 1. The Hall–Kier alpha value is -5.75. The van der Waals surface area contributed by atoms with Gasteiger partial charge < -0.3 is 34.3 Å². The van der Waals surface area contributed by atoms with Crippen molar-refractivity contribution in [1.82, 2.24) is 19.6 Å². The molecule has 5 aliphatic heterocycles. The van der Waals surface area contributed by atoms with Crippen LogP contribution in [0.3, 0.4) is 0 Å². The van der Waals surface area contributed by atoms with Gasteiger partial charge >= 0.3 is 0 Å². The summed E-state index contributed by atoms with van der Waals surface area (Å²) in [5, 5.41) is 16.3. The molecular weight excluding hydrogens is 873 g/mol. The van der Waals surface area contributed by atoms with Crippen molar-refractivity contribution < 1.29 is 32.3 Å². The Morgan fingerprint density at radius 2 is 1.78 bits per heavy atom. The van der Waals surface area contributed by atoms with E-state index in [2.05, 4.69) is 56.0 Å². The molecule has 1 amide bonds. The lowest BCUT2D eigenvalue weighted by atomic mass is 9.59. The molecule has 0 unspecified atom stereocenters. The molecule has 4 saturated heterocycles. The molecule has 1 aliphatic carbocycles. The van der Waals surface area contributed by atoms with Crippen LogP contribution in [-0.2, 0) is 19.5 Å². The van der Waals surface area contributed by atoms with E-state index in [1.165, 1.54) is 48.9 Å². The number of amides is 1. The zero-order valence-corrected chi connectivity index (χ0v) is 38.6. The van der Waals surface area contributed by atoms with Gasteiger partial charge in [0.05, 0.1) is 34.3 Å². The van der Waals surface area contributed by atoms with Crippen molar-refractivity contribution in [3.05, 3.63) is 106 Å². The van der Waals surface area contributed by atoms with Gasteiger partial charge in [0.25, 0.3) is 21.6 Å². The van der Waals surface area contributed by atoms with Crippen LogP contribution in [0.1, 0.15) is 78.9 Å². The summed E-state index contributed by atoms with van der Waals surface area (Å²) >= 11 is 0. The van der Waals surface area contributed by atoms with Gasteiger partial charge in [-0.3, -0.25) is 19.8 Å². The topological polar surface area (TPSA) is 184 Å². The first-order chi connectivity index (χ1) is 32.5. The molecule has 1 spiro atoms. The summed E-state index contributed by atoms with van der Waals surface area (Å²) in [7, 11) is -4.58. The summed E-state index contributed by atoms with van der Waals surface area (Å²) in [4.78, 5) is 41.1. The zero-order valence-electron chi connectivity index (χ0n) is 37.8. The summed E-state index contributed by atoms with van der Waals surface area (Å²) in [6, 6.07) is 23.1. The minimum atomic E-state index is -4.58. The van der Waals surface area contributed by atoms with E-state index in [-0.39, 0.29) is 29.2 Å². The maximum atomic E-state index is 14.6. The highest BCUT2D eigenvalue weighted by molar-refractivity contribution is 7.90. The number of benzene rings is 3. The molecule has 5 fully saturated rings. The Kier molecular flexibility index (Phi) is 11.6. The highest BCUT2D eigenvalue weighted by Gasteiger charge is 2.50. The number of rotatable bonds is 11. The number of hydrogen-bond donors (Lipinski definition) is 3. The molecule has 6 aliphatic rings. The number of aromatic amines is 1. The van der Waals surface area contributed by atoms with E-state index in [0.717, 1.165) is 62.5 Å². The first-order valence-electron chi connectivity index (χ1n) is 23.9. The molecule has 0 bridgehead atoms. The van der Waals surface area contributed by atoms with Crippen molar-refractivity contribution in [2.75, 3.05) is 74.3 Å². The monoisotopic (exact) mass is 930 g/mol. The number of carbonyl (C=O) groups excluding carboxylic acids is 1. The Bertz CT molecular complexity index is 2800. The average molecular weight is 931 g/mol. The summed E-state index contributed by atoms with van der Waals surface area (Å²) in [6.45, 7) is 8.11. The predicted octanol–water partition coefficient (Wildman–Crippen LogP) is 7.87. The lowest BCUT2D eigenvalue weighted by Gasteiger charge is -2.56. The maximum absolute atomic E-state index is 14.6. The largest absolute Gasteiger partial charge is 0.470 e. The van der Waals surface area contributed by atoms with Crippen LogP contribution in [-0.4, -0.2) is 105 Å². The number of fused-ring (bicyclic) bond motifs is 3. The van der Waals surface area contributed by atoms with Crippen LogP contribution < -0.4 is 24.6 Å². The number of nitrogens with zero attached hydrogens (tertiary/aromatic N) is 5. The van der Waals surface area contributed by atoms with Gasteiger partial charge in [0.2, 0.25) is 5.88 Å². The van der Waals surface area contributed by atoms with Crippen LogP contribution >= 0.6 is 0 Å². The summed E-state index contributed by atoms with van der Waals surface area (Å²) in [6.07, 6.45) is 10.2. The minimum Gasteiger partial charge on any atom is -0.470 e. The fourth-order valence-electron chi connectivity index (χ4n) is 11.7. The van der Waals surface area contributed by atoms with Crippen LogP contribution in [0.25, 0.3) is 11.0 Å².